The SMILES string of the molecule is Cn1nncc1NCC1CCCC(Cl)C1. The number of rotatable bonds is 3. The second kappa shape index (κ2) is 4.84. The van der Waals surface area contributed by atoms with Crippen LogP contribution in [0.1, 0.15) is 25.7 Å². The molecule has 4 nitrogen and oxygen atoms in total. The lowest BCUT2D eigenvalue weighted by Crippen LogP contribution is -2.23. The van der Waals surface area contributed by atoms with E-state index in [1.54, 1.807) is 10.9 Å². The van der Waals surface area contributed by atoms with Gasteiger partial charge < -0.3 is 5.32 Å². The first kappa shape index (κ1) is 10.7. The third-order valence-electron chi connectivity index (χ3n) is 3.01. The van der Waals surface area contributed by atoms with Gasteiger partial charge in [0.15, 0.2) is 0 Å². The van der Waals surface area contributed by atoms with Gasteiger partial charge in [0.1, 0.15) is 5.82 Å². The van der Waals surface area contributed by atoms with E-state index >= 15 is 0 Å². The summed E-state index contributed by atoms with van der Waals surface area (Å²) < 4.78 is 1.75. The standard InChI is InChI=1S/C10H17ClN4/c1-15-10(7-13-14-15)12-6-8-3-2-4-9(11)5-8/h7-9,12H,2-6H2,1H3. The topological polar surface area (TPSA) is 42.7 Å². The maximum Gasteiger partial charge on any atom is 0.144 e. The molecule has 1 aromatic rings. The molecule has 1 aromatic heterocycles. The molecule has 0 saturated heterocycles. The molecule has 15 heavy (non-hydrogen) atoms. The van der Waals surface area contributed by atoms with Crippen LogP contribution in [0.5, 0.6) is 0 Å². The Bertz CT molecular complexity index is 312. The van der Waals surface area contributed by atoms with Crippen LogP contribution in [0.15, 0.2) is 6.20 Å². The number of halogens is 1. The highest BCUT2D eigenvalue weighted by Gasteiger charge is 2.20. The number of alkyl halides is 1. The van der Waals surface area contributed by atoms with Crippen molar-refractivity contribution < 1.29 is 0 Å². The summed E-state index contributed by atoms with van der Waals surface area (Å²) in [6.45, 7) is 0.977. The van der Waals surface area contributed by atoms with E-state index in [9.17, 15) is 0 Å². The maximum absolute atomic E-state index is 6.15. The average Bonchev–Trinajstić information content (AvgIpc) is 2.61. The van der Waals surface area contributed by atoms with E-state index in [1.807, 2.05) is 7.05 Å². The molecule has 0 spiro atoms. The highest BCUT2D eigenvalue weighted by Crippen LogP contribution is 2.27. The summed E-state index contributed by atoms with van der Waals surface area (Å²) in [4.78, 5) is 0. The first-order valence-electron chi connectivity index (χ1n) is 5.48. The highest BCUT2D eigenvalue weighted by molar-refractivity contribution is 6.20. The quantitative estimate of drug-likeness (QED) is 0.805. The van der Waals surface area contributed by atoms with E-state index in [4.69, 9.17) is 11.6 Å². The average molecular weight is 229 g/mol. The fourth-order valence-electron chi connectivity index (χ4n) is 2.11. The summed E-state index contributed by atoms with van der Waals surface area (Å²) in [5.41, 5.74) is 0. The Morgan fingerprint density at radius 1 is 1.60 bits per heavy atom. The second-order valence-corrected chi connectivity index (χ2v) is 4.87. The Hall–Kier alpha value is -0.770. The van der Waals surface area contributed by atoms with E-state index in [0.717, 1.165) is 18.8 Å². The number of aryl methyl sites for hydroxylation is 1. The molecule has 2 atom stereocenters. The van der Waals surface area contributed by atoms with E-state index in [1.165, 1.54) is 19.3 Å². The van der Waals surface area contributed by atoms with Gasteiger partial charge in [-0.3, -0.25) is 0 Å². The van der Waals surface area contributed by atoms with Gasteiger partial charge in [-0.25, -0.2) is 4.68 Å². The predicted molar refractivity (Wildman–Crippen MR) is 61.1 cm³/mol. The van der Waals surface area contributed by atoms with Gasteiger partial charge in [-0.15, -0.1) is 16.7 Å². The molecule has 1 aliphatic carbocycles. The Balaban J connectivity index is 1.80. The molecular weight excluding hydrogens is 212 g/mol. The van der Waals surface area contributed by atoms with Crippen LogP contribution in [0.3, 0.4) is 0 Å². The molecule has 0 bridgehead atoms. The molecule has 2 rings (SSSR count). The minimum absolute atomic E-state index is 0.371. The summed E-state index contributed by atoms with van der Waals surface area (Å²) in [6, 6.07) is 0. The van der Waals surface area contributed by atoms with Crippen LogP contribution in [-0.4, -0.2) is 26.9 Å². The van der Waals surface area contributed by atoms with Crippen LogP contribution in [0.4, 0.5) is 5.82 Å². The lowest BCUT2D eigenvalue weighted by Gasteiger charge is -2.25. The number of hydrogen-bond donors (Lipinski definition) is 1. The Morgan fingerprint density at radius 3 is 3.13 bits per heavy atom. The number of hydrogen-bond acceptors (Lipinski definition) is 3. The van der Waals surface area contributed by atoms with Crippen molar-refractivity contribution in [1.82, 2.24) is 15.0 Å². The zero-order chi connectivity index (χ0) is 10.7. The van der Waals surface area contributed by atoms with E-state index in [0.29, 0.717) is 11.3 Å². The zero-order valence-electron chi connectivity index (χ0n) is 8.99. The van der Waals surface area contributed by atoms with Crippen LogP contribution < -0.4 is 5.32 Å². The normalized spacial score (nSPS) is 26.5. The molecule has 2 unspecified atom stereocenters. The lowest BCUT2D eigenvalue weighted by atomic mass is 9.89. The molecule has 1 saturated carbocycles. The number of anilines is 1. The molecule has 1 N–H and O–H groups in total. The zero-order valence-corrected chi connectivity index (χ0v) is 9.74. The summed E-state index contributed by atoms with van der Waals surface area (Å²) in [6.07, 6.45) is 6.58. The molecule has 1 fully saturated rings. The first-order chi connectivity index (χ1) is 7.25. The largest absolute Gasteiger partial charge is 0.369 e. The lowest BCUT2D eigenvalue weighted by molar-refractivity contribution is 0.378. The first-order valence-corrected chi connectivity index (χ1v) is 5.92. The van der Waals surface area contributed by atoms with Crippen LogP contribution in [0.25, 0.3) is 0 Å². The van der Waals surface area contributed by atoms with Crippen molar-refractivity contribution in [2.24, 2.45) is 13.0 Å². The van der Waals surface area contributed by atoms with Gasteiger partial charge in [-0.1, -0.05) is 11.6 Å². The molecule has 0 aromatic carbocycles. The fourth-order valence-corrected chi connectivity index (χ4v) is 2.52. The number of aromatic nitrogens is 3. The van der Waals surface area contributed by atoms with Gasteiger partial charge in [0, 0.05) is 19.0 Å². The molecule has 84 valence electrons. The number of nitrogens with one attached hydrogen (secondary N) is 1. The smallest absolute Gasteiger partial charge is 0.144 e. The summed E-state index contributed by atoms with van der Waals surface area (Å²) in [5.74, 6) is 1.67. The van der Waals surface area contributed by atoms with Crippen molar-refractivity contribution in [2.45, 2.75) is 31.1 Å². The van der Waals surface area contributed by atoms with E-state index in [-0.39, 0.29) is 0 Å². The molecule has 1 aliphatic rings. The van der Waals surface area contributed by atoms with Gasteiger partial charge in [-0.2, -0.15) is 0 Å². The van der Waals surface area contributed by atoms with E-state index < -0.39 is 0 Å². The predicted octanol–water partition coefficient (Wildman–Crippen LogP) is 2.02. The van der Waals surface area contributed by atoms with Crippen molar-refractivity contribution in [3.63, 3.8) is 0 Å². The molecule has 0 aliphatic heterocycles. The van der Waals surface area contributed by atoms with Crippen molar-refractivity contribution in [2.75, 3.05) is 11.9 Å². The Kier molecular flexibility index (Phi) is 3.46. The van der Waals surface area contributed by atoms with Crippen molar-refractivity contribution in [3.05, 3.63) is 6.20 Å². The van der Waals surface area contributed by atoms with Gasteiger partial charge in [-0.05, 0) is 25.2 Å². The third kappa shape index (κ3) is 2.84. The van der Waals surface area contributed by atoms with Crippen LogP contribution >= 0.6 is 11.6 Å². The van der Waals surface area contributed by atoms with Crippen LogP contribution in [-0.2, 0) is 7.05 Å². The van der Waals surface area contributed by atoms with Crippen LogP contribution in [0.2, 0.25) is 0 Å². The molecule has 5 heteroatoms. The maximum atomic E-state index is 6.15. The molecule has 0 amide bonds. The fraction of sp³-hybridized carbons (Fsp3) is 0.800. The summed E-state index contributed by atoms with van der Waals surface area (Å²) in [7, 11) is 1.89. The Labute approximate surface area is 95.0 Å². The van der Waals surface area contributed by atoms with Gasteiger partial charge in [0.2, 0.25) is 0 Å². The monoisotopic (exact) mass is 228 g/mol. The minimum Gasteiger partial charge on any atom is -0.369 e. The summed E-state index contributed by atoms with van der Waals surface area (Å²) in [5, 5.41) is 11.4. The van der Waals surface area contributed by atoms with Crippen molar-refractivity contribution in [1.29, 1.82) is 0 Å². The third-order valence-corrected chi connectivity index (χ3v) is 3.40. The van der Waals surface area contributed by atoms with Crippen LogP contribution in [0, 0.1) is 5.92 Å². The Morgan fingerprint density at radius 2 is 2.47 bits per heavy atom. The number of nitrogens with zero attached hydrogens (tertiary/aromatic N) is 3. The van der Waals surface area contributed by atoms with E-state index in [2.05, 4.69) is 15.6 Å². The molecule has 0 radical (unpaired) electrons. The summed E-state index contributed by atoms with van der Waals surface area (Å²) >= 11 is 6.15. The molecular formula is C10H17ClN4. The van der Waals surface area contributed by atoms with Gasteiger partial charge in [0.25, 0.3) is 0 Å². The molecule has 1 heterocycles. The van der Waals surface area contributed by atoms with Crippen molar-refractivity contribution >= 4 is 17.4 Å². The van der Waals surface area contributed by atoms with Gasteiger partial charge in [0.05, 0.1) is 6.20 Å². The van der Waals surface area contributed by atoms with Gasteiger partial charge >= 0.3 is 0 Å². The van der Waals surface area contributed by atoms with Crippen molar-refractivity contribution in [3.8, 4) is 0 Å². The second-order valence-electron chi connectivity index (χ2n) is 4.25. The minimum atomic E-state index is 0.371. The highest BCUT2D eigenvalue weighted by atomic mass is 35.5.